The van der Waals surface area contributed by atoms with Crippen LogP contribution >= 0.6 is 0 Å². The van der Waals surface area contributed by atoms with Crippen molar-refractivity contribution in [1.29, 1.82) is 0 Å². The number of pyridine rings is 1. The van der Waals surface area contributed by atoms with Crippen LogP contribution in [-0.2, 0) is 20.8 Å². The van der Waals surface area contributed by atoms with Crippen molar-refractivity contribution in [3.05, 3.63) is 42.1 Å². The Bertz CT molecular complexity index is 991. The maximum atomic E-state index is 13.4. The second-order valence-corrected chi connectivity index (χ2v) is 9.23. The van der Waals surface area contributed by atoms with E-state index in [0.717, 1.165) is 42.1 Å². The molecule has 1 aromatic carbocycles. The van der Waals surface area contributed by atoms with Crippen LogP contribution in [-0.4, -0.2) is 57.5 Å². The number of hydroxylamine groups is 2. The first-order valence-corrected chi connectivity index (χ1v) is 11.9. The summed E-state index contributed by atoms with van der Waals surface area (Å²) in [4.78, 5) is 41.9. The smallest absolute Gasteiger partial charge is 0.242 e. The number of nitrogens with one attached hydrogen (secondary N) is 1. The van der Waals surface area contributed by atoms with Crippen molar-refractivity contribution in [2.45, 2.75) is 57.4 Å². The van der Waals surface area contributed by atoms with Gasteiger partial charge < -0.3 is 0 Å². The molecule has 2 fully saturated rings. The van der Waals surface area contributed by atoms with Gasteiger partial charge in [0.15, 0.2) is 5.78 Å². The number of hydrogen-bond acceptors (Lipinski definition) is 6. The lowest BCUT2D eigenvalue weighted by atomic mass is 9.91. The van der Waals surface area contributed by atoms with Crippen molar-refractivity contribution in [3.63, 3.8) is 0 Å². The van der Waals surface area contributed by atoms with E-state index in [9.17, 15) is 19.6 Å². The minimum Gasteiger partial charge on any atom is -0.297 e. The van der Waals surface area contributed by atoms with Crippen LogP contribution in [0.3, 0.4) is 0 Å². The van der Waals surface area contributed by atoms with E-state index in [2.05, 4.69) is 16.5 Å². The monoisotopic (exact) mass is 452 g/mol. The van der Waals surface area contributed by atoms with Gasteiger partial charge in [-0.2, -0.15) is 0 Å². The molecule has 0 bridgehead atoms. The number of carbonyl (C=O) groups excluding carboxylic acids is 3. The minimum absolute atomic E-state index is 0.0115. The van der Waals surface area contributed by atoms with Crippen molar-refractivity contribution in [3.8, 4) is 0 Å². The Labute approximate surface area is 193 Å². The molecule has 2 atom stereocenters. The molecule has 1 aromatic heterocycles. The summed E-state index contributed by atoms with van der Waals surface area (Å²) in [5.41, 5.74) is 4.98. The second kappa shape index (κ2) is 10.9. The number of carbonyl (C=O) groups is 3. The van der Waals surface area contributed by atoms with E-state index < -0.39 is 12.0 Å². The van der Waals surface area contributed by atoms with E-state index in [-0.39, 0.29) is 18.2 Å². The van der Waals surface area contributed by atoms with Gasteiger partial charge in [0.05, 0.1) is 18.0 Å². The maximum Gasteiger partial charge on any atom is 0.242 e. The van der Waals surface area contributed by atoms with Gasteiger partial charge in [0, 0.05) is 24.5 Å². The van der Waals surface area contributed by atoms with Crippen LogP contribution in [0.5, 0.6) is 0 Å². The largest absolute Gasteiger partial charge is 0.297 e. The molecule has 2 N–H and O–H groups in total. The van der Waals surface area contributed by atoms with Crippen molar-refractivity contribution in [2.24, 2.45) is 11.8 Å². The van der Waals surface area contributed by atoms with Gasteiger partial charge in [0.2, 0.25) is 12.3 Å². The topological polar surface area (TPSA) is 103 Å². The van der Waals surface area contributed by atoms with Crippen LogP contribution < -0.4 is 5.43 Å². The van der Waals surface area contributed by atoms with E-state index in [1.807, 2.05) is 24.3 Å². The fourth-order valence-electron chi connectivity index (χ4n) is 5.15. The van der Waals surface area contributed by atoms with Gasteiger partial charge in [-0.05, 0) is 42.9 Å². The Balaban J connectivity index is 1.40. The van der Waals surface area contributed by atoms with Crippen LogP contribution in [0.15, 0.2) is 36.5 Å². The summed E-state index contributed by atoms with van der Waals surface area (Å²) in [6.45, 7) is 0.493. The van der Waals surface area contributed by atoms with E-state index in [4.69, 9.17) is 0 Å². The number of hydrazine groups is 1. The Hall–Kier alpha value is -2.84. The molecule has 2 aromatic rings. The lowest BCUT2D eigenvalue weighted by Gasteiger charge is -2.30. The predicted molar refractivity (Wildman–Crippen MR) is 123 cm³/mol. The highest BCUT2D eigenvalue weighted by molar-refractivity contribution is 5.90. The molecule has 0 radical (unpaired) electrons. The molecule has 1 saturated heterocycles. The molecular weight excluding hydrogens is 420 g/mol. The van der Waals surface area contributed by atoms with Crippen molar-refractivity contribution in [2.75, 3.05) is 13.1 Å². The Morgan fingerprint density at radius 3 is 2.82 bits per heavy atom. The van der Waals surface area contributed by atoms with Crippen LogP contribution in [0.2, 0.25) is 0 Å². The van der Waals surface area contributed by atoms with Crippen LogP contribution in [0.1, 0.15) is 50.5 Å². The zero-order valence-electron chi connectivity index (χ0n) is 18.9. The average Bonchev–Trinajstić information content (AvgIpc) is 3.53. The van der Waals surface area contributed by atoms with Gasteiger partial charge in [-0.1, -0.05) is 43.9 Å². The molecule has 2 heterocycles. The summed E-state index contributed by atoms with van der Waals surface area (Å²) in [5, 5.41) is 12.8. The Morgan fingerprint density at radius 1 is 1.24 bits per heavy atom. The molecule has 1 aliphatic heterocycles. The SMILES string of the molecule is O=CN(O)C[C@@H](CC1CCCC1)C(=O)N1NCC[C@H]1C(=O)CCc1cnc2ccccc2c1. The first kappa shape index (κ1) is 23.3. The zero-order valence-corrected chi connectivity index (χ0v) is 18.9. The zero-order chi connectivity index (χ0) is 23.2. The fourth-order valence-corrected chi connectivity index (χ4v) is 5.15. The van der Waals surface area contributed by atoms with Gasteiger partial charge in [-0.3, -0.25) is 29.6 Å². The first-order valence-electron chi connectivity index (χ1n) is 11.9. The maximum absolute atomic E-state index is 13.4. The van der Waals surface area contributed by atoms with E-state index in [1.54, 1.807) is 6.20 Å². The Morgan fingerprint density at radius 2 is 2.03 bits per heavy atom. The molecule has 2 aliphatic rings. The number of fused-ring (bicyclic) bond motifs is 1. The number of ketones is 1. The summed E-state index contributed by atoms with van der Waals surface area (Å²) in [7, 11) is 0. The Kier molecular flexibility index (Phi) is 7.67. The molecule has 4 rings (SSSR count). The third kappa shape index (κ3) is 5.75. The molecule has 1 saturated carbocycles. The van der Waals surface area contributed by atoms with Gasteiger partial charge >= 0.3 is 0 Å². The molecule has 1 aliphatic carbocycles. The van der Waals surface area contributed by atoms with Crippen LogP contribution in [0, 0.1) is 11.8 Å². The number of aromatic nitrogens is 1. The standard InChI is InChI=1S/C25H32N4O4/c30-17-28(33)16-21(13-18-5-1-2-6-18)25(32)29-23(11-12-27-29)24(31)10-9-19-14-20-7-3-4-8-22(20)26-15-19/h3-4,7-8,14-15,17-18,21,23,27,33H,1-2,5-6,9-13,16H2/t21-,23+/m1/s1. The van der Waals surface area contributed by atoms with E-state index in [0.29, 0.717) is 49.6 Å². The number of nitrogens with zero attached hydrogens (tertiary/aromatic N) is 3. The molecule has 176 valence electrons. The minimum atomic E-state index is -0.533. The number of hydrogen-bond donors (Lipinski definition) is 2. The van der Waals surface area contributed by atoms with E-state index in [1.165, 1.54) is 5.01 Å². The number of Topliss-reactive ketones (excluding diaryl/α,β-unsaturated/α-hetero) is 1. The number of aryl methyl sites for hydroxylation is 1. The number of benzene rings is 1. The van der Waals surface area contributed by atoms with Crippen molar-refractivity contribution >= 4 is 29.0 Å². The lowest BCUT2D eigenvalue weighted by molar-refractivity contribution is -0.159. The highest BCUT2D eigenvalue weighted by atomic mass is 16.5. The third-order valence-corrected chi connectivity index (χ3v) is 6.90. The molecule has 0 spiro atoms. The van der Waals surface area contributed by atoms with Gasteiger partial charge in [0.25, 0.3) is 0 Å². The summed E-state index contributed by atoms with van der Waals surface area (Å²) in [5.74, 6) is -0.326. The molecule has 0 unspecified atom stereocenters. The summed E-state index contributed by atoms with van der Waals surface area (Å²) in [6, 6.07) is 9.40. The van der Waals surface area contributed by atoms with Crippen molar-refractivity contribution < 1.29 is 19.6 Å². The van der Waals surface area contributed by atoms with Gasteiger partial charge in [-0.15, -0.1) is 0 Å². The highest BCUT2D eigenvalue weighted by Crippen LogP contribution is 2.32. The molecule has 2 amide bonds. The van der Waals surface area contributed by atoms with E-state index >= 15 is 0 Å². The summed E-state index contributed by atoms with van der Waals surface area (Å²) < 4.78 is 0. The third-order valence-electron chi connectivity index (χ3n) is 6.90. The highest BCUT2D eigenvalue weighted by Gasteiger charge is 2.38. The van der Waals surface area contributed by atoms with Gasteiger partial charge in [-0.25, -0.2) is 10.5 Å². The second-order valence-electron chi connectivity index (χ2n) is 9.23. The molecule has 33 heavy (non-hydrogen) atoms. The normalized spacial score (nSPS) is 19.7. The van der Waals surface area contributed by atoms with Crippen LogP contribution in [0.4, 0.5) is 0 Å². The summed E-state index contributed by atoms with van der Waals surface area (Å²) in [6.07, 6.45) is 8.62. The first-order chi connectivity index (χ1) is 16.0. The number of rotatable bonds is 10. The lowest BCUT2D eigenvalue weighted by Crippen LogP contribution is -2.50. The quantitative estimate of drug-likeness (QED) is 0.326. The number of para-hydroxylation sites is 1. The number of amides is 2. The van der Waals surface area contributed by atoms with Gasteiger partial charge in [0.1, 0.15) is 6.04 Å². The molecule has 8 heteroatoms. The van der Waals surface area contributed by atoms with Crippen molar-refractivity contribution in [1.82, 2.24) is 20.5 Å². The average molecular weight is 453 g/mol. The molecular formula is C25H32N4O4. The molecule has 8 nitrogen and oxygen atoms in total. The summed E-state index contributed by atoms with van der Waals surface area (Å²) >= 11 is 0. The fraction of sp³-hybridized carbons (Fsp3) is 0.520. The van der Waals surface area contributed by atoms with Crippen LogP contribution in [0.25, 0.3) is 10.9 Å². The predicted octanol–water partition coefficient (Wildman–Crippen LogP) is 2.89.